The van der Waals surface area contributed by atoms with E-state index in [1.165, 1.54) is 12.4 Å². The fraction of sp³-hybridized carbons (Fsp3) is 0.211. The predicted octanol–water partition coefficient (Wildman–Crippen LogP) is 3.50. The maximum absolute atomic E-state index is 14.0. The molecule has 2 aromatic carbocycles. The number of halogens is 1. The first-order chi connectivity index (χ1) is 12.1. The molecule has 0 saturated carbocycles. The number of amides is 1. The van der Waals surface area contributed by atoms with Gasteiger partial charge < -0.3 is 10.6 Å². The van der Waals surface area contributed by atoms with Crippen molar-refractivity contribution < 1.29 is 9.18 Å². The van der Waals surface area contributed by atoms with Crippen LogP contribution in [0.5, 0.6) is 0 Å². The molecule has 1 aromatic heterocycles. The topological polar surface area (TPSA) is 66.9 Å². The van der Waals surface area contributed by atoms with E-state index in [2.05, 4.69) is 20.6 Å². The quantitative estimate of drug-likeness (QED) is 0.747. The van der Waals surface area contributed by atoms with E-state index in [9.17, 15) is 9.18 Å². The summed E-state index contributed by atoms with van der Waals surface area (Å²) >= 11 is 0. The molecule has 3 aromatic rings. The number of aromatic nitrogens is 2. The van der Waals surface area contributed by atoms with Gasteiger partial charge in [0.15, 0.2) is 0 Å². The van der Waals surface area contributed by atoms with E-state index < -0.39 is 0 Å². The van der Waals surface area contributed by atoms with Crippen molar-refractivity contribution in [3.8, 4) is 11.1 Å². The average molecular weight is 338 g/mol. The summed E-state index contributed by atoms with van der Waals surface area (Å²) in [5.74, 6) is 0.302. The Morgan fingerprint density at radius 2 is 1.88 bits per heavy atom. The lowest BCUT2D eigenvalue weighted by Gasteiger charge is -2.10. The van der Waals surface area contributed by atoms with Gasteiger partial charge in [-0.1, -0.05) is 19.1 Å². The standard InChI is InChI=1S/C19H19FN4O/c1-3-18(25)22-10-14-8-12(4-6-16(14)20)13-5-7-17-15(9-13)19(21-2)24-11-23-17/h4-9,11H,3,10H2,1-2H3,(H,22,25)(H,21,23,24). The highest BCUT2D eigenvalue weighted by molar-refractivity contribution is 5.92. The zero-order valence-corrected chi connectivity index (χ0v) is 14.1. The average Bonchev–Trinajstić information content (AvgIpc) is 2.66. The summed E-state index contributed by atoms with van der Waals surface area (Å²) in [7, 11) is 1.81. The summed E-state index contributed by atoms with van der Waals surface area (Å²) in [6, 6.07) is 10.7. The molecule has 0 bridgehead atoms. The zero-order valence-electron chi connectivity index (χ0n) is 14.1. The number of benzene rings is 2. The van der Waals surface area contributed by atoms with Crippen molar-refractivity contribution in [1.82, 2.24) is 15.3 Å². The molecule has 128 valence electrons. The second kappa shape index (κ2) is 7.25. The Balaban J connectivity index is 1.98. The number of hydrogen-bond acceptors (Lipinski definition) is 4. The predicted molar refractivity (Wildman–Crippen MR) is 96.6 cm³/mol. The number of nitrogens with zero attached hydrogens (tertiary/aromatic N) is 2. The van der Waals surface area contributed by atoms with Crippen molar-refractivity contribution in [3.63, 3.8) is 0 Å². The number of anilines is 1. The highest BCUT2D eigenvalue weighted by atomic mass is 19.1. The Labute approximate surface area is 145 Å². The van der Waals surface area contributed by atoms with Gasteiger partial charge in [-0.3, -0.25) is 4.79 Å². The Bertz CT molecular complexity index is 926. The van der Waals surface area contributed by atoms with Crippen LogP contribution >= 0.6 is 0 Å². The third-order valence-corrected chi connectivity index (χ3v) is 4.05. The number of carbonyl (C=O) groups excluding carboxylic acids is 1. The molecule has 1 heterocycles. The minimum Gasteiger partial charge on any atom is -0.373 e. The largest absolute Gasteiger partial charge is 0.373 e. The molecule has 2 N–H and O–H groups in total. The van der Waals surface area contributed by atoms with Crippen LogP contribution in [0.15, 0.2) is 42.7 Å². The summed E-state index contributed by atoms with van der Waals surface area (Å²) in [6.45, 7) is 1.93. The Hall–Kier alpha value is -3.02. The molecule has 0 spiro atoms. The lowest BCUT2D eigenvalue weighted by atomic mass is 10.0. The van der Waals surface area contributed by atoms with E-state index in [0.717, 1.165) is 27.8 Å². The third-order valence-electron chi connectivity index (χ3n) is 4.05. The molecule has 1 amide bonds. The molecule has 0 aliphatic carbocycles. The first-order valence-corrected chi connectivity index (χ1v) is 8.10. The normalized spacial score (nSPS) is 10.7. The van der Waals surface area contributed by atoms with Gasteiger partial charge in [0, 0.05) is 31.0 Å². The van der Waals surface area contributed by atoms with E-state index >= 15 is 0 Å². The number of rotatable bonds is 5. The summed E-state index contributed by atoms with van der Waals surface area (Å²) < 4.78 is 14.0. The highest BCUT2D eigenvalue weighted by Crippen LogP contribution is 2.28. The number of nitrogens with one attached hydrogen (secondary N) is 2. The van der Waals surface area contributed by atoms with Crippen molar-refractivity contribution in [2.45, 2.75) is 19.9 Å². The van der Waals surface area contributed by atoms with Crippen LogP contribution in [0.1, 0.15) is 18.9 Å². The molecule has 0 aliphatic heterocycles. The molecule has 25 heavy (non-hydrogen) atoms. The van der Waals surface area contributed by atoms with Crippen LogP contribution in [0.25, 0.3) is 22.0 Å². The van der Waals surface area contributed by atoms with Gasteiger partial charge in [0.25, 0.3) is 0 Å². The Kier molecular flexibility index (Phi) is 4.88. The monoisotopic (exact) mass is 338 g/mol. The van der Waals surface area contributed by atoms with E-state index in [-0.39, 0.29) is 18.3 Å². The molecule has 0 unspecified atom stereocenters. The number of carbonyl (C=O) groups is 1. The minimum absolute atomic E-state index is 0.105. The summed E-state index contributed by atoms with van der Waals surface area (Å²) in [4.78, 5) is 19.9. The van der Waals surface area contributed by atoms with Crippen molar-refractivity contribution in [2.24, 2.45) is 0 Å². The molecule has 6 heteroatoms. The van der Waals surface area contributed by atoms with Crippen LogP contribution in [0, 0.1) is 5.82 Å². The van der Waals surface area contributed by atoms with Crippen molar-refractivity contribution in [1.29, 1.82) is 0 Å². The molecule has 0 saturated heterocycles. The second-order valence-electron chi connectivity index (χ2n) is 5.64. The van der Waals surface area contributed by atoms with Gasteiger partial charge in [-0.05, 0) is 35.4 Å². The zero-order chi connectivity index (χ0) is 17.8. The fourth-order valence-electron chi connectivity index (χ4n) is 2.64. The van der Waals surface area contributed by atoms with Gasteiger partial charge in [-0.25, -0.2) is 14.4 Å². The Morgan fingerprint density at radius 3 is 2.64 bits per heavy atom. The van der Waals surface area contributed by atoms with Crippen LogP contribution in [-0.2, 0) is 11.3 Å². The number of fused-ring (bicyclic) bond motifs is 1. The summed E-state index contributed by atoms with van der Waals surface area (Å²) in [5.41, 5.74) is 3.09. The molecule has 0 radical (unpaired) electrons. The van der Waals surface area contributed by atoms with Gasteiger partial charge in [0.05, 0.1) is 5.52 Å². The molecule has 5 nitrogen and oxygen atoms in total. The van der Waals surface area contributed by atoms with Crippen molar-refractivity contribution in [3.05, 3.63) is 54.1 Å². The number of hydrogen-bond donors (Lipinski definition) is 2. The fourth-order valence-corrected chi connectivity index (χ4v) is 2.64. The molecule has 0 atom stereocenters. The van der Waals surface area contributed by atoms with E-state index in [1.54, 1.807) is 26.1 Å². The van der Waals surface area contributed by atoms with Crippen LogP contribution in [-0.4, -0.2) is 22.9 Å². The highest BCUT2D eigenvalue weighted by Gasteiger charge is 2.09. The molecular formula is C19H19FN4O. The summed E-state index contributed by atoms with van der Waals surface area (Å²) in [5, 5.41) is 6.65. The van der Waals surface area contributed by atoms with E-state index in [0.29, 0.717) is 12.0 Å². The third kappa shape index (κ3) is 3.57. The van der Waals surface area contributed by atoms with Crippen LogP contribution < -0.4 is 10.6 Å². The van der Waals surface area contributed by atoms with Gasteiger partial charge in [-0.15, -0.1) is 0 Å². The van der Waals surface area contributed by atoms with Crippen LogP contribution in [0.2, 0.25) is 0 Å². The Morgan fingerprint density at radius 1 is 1.12 bits per heavy atom. The van der Waals surface area contributed by atoms with Gasteiger partial charge in [-0.2, -0.15) is 0 Å². The molecule has 0 fully saturated rings. The second-order valence-corrected chi connectivity index (χ2v) is 5.64. The lowest BCUT2D eigenvalue weighted by Crippen LogP contribution is -2.22. The van der Waals surface area contributed by atoms with E-state index in [1.807, 2.05) is 18.2 Å². The maximum Gasteiger partial charge on any atom is 0.219 e. The van der Waals surface area contributed by atoms with Gasteiger partial charge >= 0.3 is 0 Å². The van der Waals surface area contributed by atoms with Gasteiger partial charge in [0.2, 0.25) is 5.91 Å². The molecular weight excluding hydrogens is 319 g/mol. The van der Waals surface area contributed by atoms with Crippen LogP contribution in [0.3, 0.4) is 0 Å². The van der Waals surface area contributed by atoms with Crippen molar-refractivity contribution >= 4 is 22.6 Å². The SMILES string of the molecule is CCC(=O)NCc1cc(-c2ccc3ncnc(NC)c3c2)ccc1F. The van der Waals surface area contributed by atoms with Crippen molar-refractivity contribution in [2.75, 3.05) is 12.4 Å². The summed E-state index contributed by atoms with van der Waals surface area (Å²) in [6.07, 6.45) is 1.89. The maximum atomic E-state index is 14.0. The minimum atomic E-state index is -0.333. The van der Waals surface area contributed by atoms with Crippen LogP contribution in [0.4, 0.5) is 10.2 Å². The first-order valence-electron chi connectivity index (χ1n) is 8.10. The first kappa shape index (κ1) is 16.8. The smallest absolute Gasteiger partial charge is 0.219 e. The van der Waals surface area contributed by atoms with E-state index in [4.69, 9.17) is 0 Å². The van der Waals surface area contributed by atoms with Gasteiger partial charge in [0.1, 0.15) is 18.0 Å². The molecule has 0 aliphatic rings. The lowest BCUT2D eigenvalue weighted by molar-refractivity contribution is -0.120. The molecule has 3 rings (SSSR count).